The van der Waals surface area contributed by atoms with Gasteiger partial charge >= 0.3 is 0 Å². The lowest BCUT2D eigenvalue weighted by Gasteiger charge is -2.13. The number of H-pyrrole nitrogens is 1. The van der Waals surface area contributed by atoms with Crippen molar-refractivity contribution in [2.24, 2.45) is 0 Å². The molecular weight excluding hydrogens is 254 g/mol. The first kappa shape index (κ1) is 14.9. The molecule has 0 bridgehead atoms. The molecule has 1 aromatic heterocycles. The summed E-state index contributed by atoms with van der Waals surface area (Å²) in [7, 11) is 1.71. The van der Waals surface area contributed by atoms with E-state index < -0.39 is 0 Å². The number of nitrogens with zero attached hydrogens (tertiary/aromatic N) is 2. The molecule has 0 aliphatic rings. The first-order chi connectivity index (χ1) is 8.63. The number of hydrogen-bond donors (Lipinski definition) is 3. The molecule has 0 aromatic carbocycles. The van der Waals surface area contributed by atoms with Crippen LogP contribution in [0.4, 0.5) is 0 Å². The Hall–Kier alpha value is -1.12. The first-order valence-corrected chi connectivity index (χ1v) is 6.88. The number of hydrogen-bond acceptors (Lipinski definition) is 6. The second-order valence-corrected chi connectivity index (χ2v) is 4.94. The summed E-state index contributed by atoms with van der Waals surface area (Å²) in [4.78, 5) is 17.3. The fraction of sp³-hybridized carbons (Fsp3) is 0.700. The molecule has 0 spiro atoms. The predicted octanol–water partition coefficient (Wildman–Crippen LogP) is 0.363. The highest BCUT2D eigenvalue weighted by Gasteiger charge is 2.11. The molecule has 18 heavy (non-hydrogen) atoms. The highest BCUT2D eigenvalue weighted by atomic mass is 32.2. The number of nitro groups is 1. The summed E-state index contributed by atoms with van der Waals surface area (Å²) in [6.07, 6.45) is 1.42. The molecule has 0 saturated heterocycles. The van der Waals surface area contributed by atoms with Crippen molar-refractivity contribution >= 4 is 11.8 Å². The van der Waals surface area contributed by atoms with Crippen molar-refractivity contribution in [2.45, 2.75) is 18.8 Å². The third kappa shape index (κ3) is 5.48. The van der Waals surface area contributed by atoms with Crippen LogP contribution in [0, 0.1) is 17.0 Å². The Kier molecular flexibility index (Phi) is 6.69. The smallest absolute Gasteiger partial charge is 0.231 e. The van der Waals surface area contributed by atoms with Gasteiger partial charge in [0.05, 0.1) is 12.0 Å². The van der Waals surface area contributed by atoms with Crippen molar-refractivity contribution in [1.29, 1.82) is 0 Å². The third-order valence-electron chi connectivity index (χ3n) is 2.49. The highest BCUT2D eigenvalue weighted by Crippen LogP contribution is 2.11. The number of nitrogens with one attached hydrogen (secondary N) is 3. The fourth-order valence-electron chi connectivity index (χ4n) is 1.41. The second kappa shape index (κ2) is 8.06. The minimum absolute atomic E-state index is 0.111. The molecule has 0 aliphatic heterocycles. The molecule has 1 unspecified atom stereocenters. The van der Waals surface area contributed by atoms with E-state index in [1.165, 1.54) is 0 Å². The molecule has 1 rings (SSSR count). The van der Waals surface area contributed by atoms with E-state index in [4.69, 9.17) is 0 Å². The largest absolute Gasteiger partial charge is 0.348 e. The molecule has 0 fully saturated rings. The van der Waals surface area contributed by atoms with Crippen LogP contribution in [-0.4, -0.2) is 46.9 Å². The minimum atomic E-state index is -0.325. The molecule has 0 saturated carbocycles. The molecule has 102 valence electrons. The van der Waals surface area contributed by atoms with Crippen molar-refractivity contribution in [3.63, 3.8) is 0 Å². The van der Waals surface area contributed by atoms with E-state index in [0.29, 0.717) is 0 Å². The number of rotatable bonds is 9. The SMILES string of the molecule is CNC(C[N+](=O)[O-])NCCSCc1nc[nH]c1C. The van der Waals surface area contributed by atoms with Crippen LogP contribution < -0.4 is 10.6 Å². The van der Waals surface area contributed by atoms with E-state index in [0.717, 1.165) is 29.4 Å². The number of aromatic nitrogens is 2. The van der Waals surface area contributed by atoms with Crippen molar-refractivity contribution in [3.05, 3.63) is 27.8 Å². The van der Waals surface area contributed by atoms with E-state index in [9.17, 15) is 10.1 Å². The van der Waals surface area contributed by atoms with E-state index in [-0.39, 0.29) is 17.6 Å². The Morgan fingerprint density at radius 3 is 3.00 bits per heavy atom. The van der Waals surface area contributed by atoms with Crippen LogP contribution in [0.15, 0.2) is 6.33 Å². The first-order valence-electron chi connectivity index (χ1n) is 5.72. The molecule has 8 heteroatoms. The Balaban J connectivity index is 2.11. The van der Waals surface area contributed by atoms with Gasteiger partial charge in [-0.2, -0.15) is 11.8 Å². The van der Waals surface area contributed by atoms with Crippen LogP contribution in [-0.2, 0) is 5.75 Å². The maximum absolute atomic E-state index is 10.4. The summed E-state index contributed by atoms with van der Waals surface area (Å²) < 4.78 is 0. The Bertz CT molecular complexity index is 371. The van der Waals surface area contributed by atoms with Gasteiger partial charge in [0, 0.05) is 28.7 Å². The van der Waals surface area contributed by atoms with Gasteiger partial charge in [-0.15, -0.1) is 0 Å². The lowest BCUT2D eigenvalue weighted by atomic mass is 10.4. The van der Waals surface area contributed by atoms with E-state index in [1.54, 1.807) is 25.1 Å². The van der Waals surface area contributed by atoms with Crippen molar-refractivity contribution in [1.82, 2.24) is 20.6 Å². The van der Waals surface area contributed by atoms with Gasteiger partial charge in [0.2, 0.25) is 6.54 Å². The van der Waals surface area contributed by atoms with Crippen molar-refractivity contribution in [2.75, 3.05) is 25.9 Å². The van der Waals surface area contributed by atoms with E-state index in [1.807, 2.05) is 6.92 Å². The standard InChI is InChI=1S/C10H19N5O2S/c1-8-9(14-7-13-8)6-18-4-3-12-10(11-2)5-15(16)17/h7,10-12H,3-6H2,1-2H3,(H,13,14). The zero-order valence-corrected chi connectivity index (χ0v) is 11.4. The molecule has 1 aromatic rings. The molecule has 3 N–H and O–H groups in total. The van der Waals surface area contributed by atoms with Gasteiger partial charge in [-0.05, 0) is 14.0 Å². The van der Waals surface area contributed by atoms with Crippen molar-refractivity contribution in [3.8, 4) is 0 Å². The predicted molar refractivity (Wildman–Crippen MR) is 72.2 cm³/mol. The number of thioether (sulfide) groups is 1. The van der Waals surface area contributed by atoms with Crippen LogP contribution in [0.25, 0.3) is 0 Å². The molecule has 1 atom stereocenters. The van der Waals surface area contributed by atoms with Gasteiger partial charge in [-0.25, -0.2) is 4.98 Å². The zero-order valence-electron chi connectivity index (χ0n) is 10.6. The van der Waals surface area contributed by atoms with Crippen molar-refractivity contribution < 1.29 is 4.92 Å². The normalized spacial score (nSPS) is 12.6. The van der Waals surface area contributed by atoms with Crippen LogP contribution in [0.3, 0.4) is 0 Å². The Morgan fingerprint density at radius 1 is 1.67 bits per heavy atom. The summed E-state index contributed by atoms with van der Waals surface area (Å²) in [5.41, 5.74) is 2.16. The topological polar surface area (TPSA) is 95.9 Å². The molecule has 0 amide bonds. The second-order valence-electron chi connectivity index (χ2n) is 3.84. The summed E-state index contributed by atoms with van der Waals surface area (Å²) >= 11 is 1.75. The summed E-state index contributed by atoms with van der Waals surface area (Å²) in [6, 6.07) is 0. The average molecular weight is 273 g/mol. The molecule has 0 aliphatic carbocycles. The van der Waals surface area contributed by atoms with Crippen LogP contribution in [0.1, 0.15) is 11.4 Å². The summed E-state index contributed by atoms with van der Waals surface area (Å²) in [6.45, 7) is 2.61. The Labute approximate surface area is 110 Å². The number of aromatic amines is 1. The van der Waals surface area contributed by atoms with Gasteiger partial charge in [-0.1, -0.05) is 0 Å². The average Bonchev–Trinajstić information content (AvgIpc) is 2.72. The number of imidazole rings is 1. The lowest BCUT2D eigenvalue weighted by molar-refractivity contribution is -0.484. The number of aryl methyl sites for hydroxylation is 1. The van der Waals surface area contributed by atoms with Gasteiger partial charge in [0.1, 0.15) is 6.17 Å². The number of likely N-dealkylation sites (N-methyl/N-ethyl adjacent to an activating group) is 1. The molecular formula is C10H19N5O2S. The lowest BCUT2D eigenvalue weighted by Crippen LogP contribution is -2.46. The summed E-state index contributed by atoms with van der Waals surface area (Å²) in [5.74, 6) is 1.75. The maximum Gasteiger partial charge on any atom is 0.231 e. The van der Waals surface area contributed by atoms with Gasteiger partial charge in [0.25, 0.3) is 0 Å². The molecule has 7 nitrogen and oxygen atoms in total. The monoisotopic (exact) mass is 273 g/mol. The van der Waals surface area contributed by atoms with Gasteiger partial charge < -0.3 is 4.98 Å². The minimum Gasteiger partial charge on any atom is -0.348 e. The van der Waals surface area contributed by atoms with Gasteiger partial charge in [-0.3, -0.25) is 20.7 Å². The quantitative estimate of drug-likeness (QED) is 0.260. The van der Waals surface area contributed by atoms with E-state index >= 15 is 0 Å². The molecule has 1 heterocycles. The third-order valence-corrected chi connectivity index (χ3v) is 3.46. The van der Waals surface area contributed by atoms with Crippen LogP contribution in [0.2, 0.25) is 0 Å². The van der Waals surface area contributed by atoms with Crippen LogP contribution >= 0.6 is 11.8 Å². The molecule has 0 radical (unpaired) electrons. The Morgan fingerprint density at radius 2 is 2.44 bits per heavy atom. The zero-order chi connectivity index (χ0) is 13.4. The van der Waals surface area contributed by atoms with E-state index in [2.05, 4.69) is 20.6 Å². The van der Waals surface area contributed by atoms with Crippen LogP contribution in [0.5, 0.6) is 0 Å². The highest BCUT2D eigenvalue weighted by molar-refractivity contribution is 7.98. The summed E-state index contributed by atoms with van der Waals surface area (Å²) in [5, 5.41) is 16.3. The maximum atomic E-state index is 10.4. The van der Waals surface area contributed by atoms with Gasteiger partial charge in [0.15, 0.2) is 0 Å². The fourth-order valence-corrected chi connectivity index (χ4v) is 2.30.